The largest absolute Gasteiger partial charge is 0.298 e. The number of carbonyl (C=O) groups is 1. The third-order valence-corrected chi connectivity index (χ3v) is 3.36. The summed E-state index contributed by atoms with van der Waals surface area (Å²) in [4.78, 5) is 15.4. The second-order valence-electron chi connectivity index (χ2n) is 5.05. The third-order valence-electron chi connectivity index (χ3n) is 3.36. The van der Waals surface area contributed by atoms with E-state index in [4.69, 9.17) is 0 Å². The molecule has 2 nitrogen and oxygen atoms in total. The van der Waals surface area contributed by atoms with Gasteiger partial charge in [-0.2, -0.15) is 0 Å². The molecule has 0 aliphatic rings. The molecule has 0 saturated heterocycles. The van der Waals surface area contributed by atoms with Gasteiger partial charge in [0.15, 0.2) is 0 Å². The molecule has 0 N–H and O–H groups in total. The smallest absolute Gasteiger partial charge is 0.150 e. The fourth-order valence-corrected chi connectivity index (χ4v) is 2.25. The van der Waals surface area contributed by atoms with Gasteiger partial charge in [0.1, 0.15) is 6.29 Å². The van der Waals surface area contributed by atoms with E-state index in [-0.39, 0.29) is 0 Å². The van der Waals surface area contributed by atoms with Crippen molar-refractivity contribution in [3.63, 3.8) is 0 Å². The van der Waals surface area contributed by atoms with Crippen molar-refractivity contribution in [2.24, 2.45) is 0 Å². The number of nitrogens with zero attached hydrogens (tertiary/aromatic N) is 1. The summed E-state index contributed by atoms with van der Waals surface area (Å²) in [6.45, 7) is 2.06. The SMILES string of the molecule is Cc1ccc2ccc(/C=C/c3cccc(C=O)c3)nc2c1. The van der Waals surface area contributed by atoms with E-state index in [1.165, 1.54) is 5.56 Å². The predicted molar refractivity (Wildman–Crippen MR) is 87.2 cm³/mol. The summed E-state index contributed by atoms with van der Waals surface area (Å²) < 4.78 is 0. The van der Waals surface area contributed by atoms with Gasteiger partial charge >= 0.3 is 0 Å². The van der Waals surface area contributed by atoms with Crippen molar-refractivity contribution in [2.45, 2.75) is 6.92 Å². The van der Waals surface area contributed by atoms with Crippen LogP contribution in [0, 0.1) is 6.92 Å². The average molecular weight is 273 g/mol. The maximum absolute atomic E-state index is 10.8. The first-order chi connectivity index (χ1) is 10.2. The van der Waals surface area contributed by atoms with E-state index in [1.807, 2.05) is 36.4 Å². The number of carbonyl (C=O) groups excluding carboxylic acids is 1. The van der Waals surface area contributed by atoms with E-state index >= 15 is 0 Å². The molecule has 1 heterocycles. The number of rotatable bonds is 3. The fraction of sp³-hybridized carbons (Fsp3) is 0.0526. The highest BCUT2D eigenvalue weighted by Gasteiger charge is 1.97. The van der Waals surface area contributed by atoms with E-state index in [0.717, 1.165) is 28.4 Å². The summed E-state index contributed by atoms with van der Waals surface area (Å²) in [5.74, 6) is 0. The summed E-state index contributed by atoms with van der Waals surface area (Å²) in [5, 5.41) is 1.14. The molecule has 0 unspecified atom stereocenters. The van der Waals surface area contributed by atoms with Crippen molar-refractivity contribution in [2.75, 3.05) is 0 Å². The molecular weight excluding hydrogens is 258 g/mol. The van der Waals surface area contributed by atoms with Crippen LogP contribution in [-0.4, -0.2) is 11.3 Å². The Hall–Kier alpha value is -2.74. The van der Waals surface area contributed by atoms with Crippen LogP contribution in [0.1, 0.15) is 27.2 Å². The lowest BCUT2D eigenvalue weighted by atomic mass is 10.1. The van der Waals surface area contributed by atoms with Crippen LogP contribution in [0.15, 0.2) is 54.6 Å². The topological polar surface area (TPSA) is 30.0 Å². The standard InChI is InChI=1S/C19H15NO/c1-14-5-7-17-8-10-18(20-19(17)11-14)9-6-15-3-2-4-16(12-15)13-21/h2-13H,1H3/b9-6+. The summed E-state index contributed by atoms with van der Waals surface area (Å²) in [7, 11) is 0. The first-order valence-electron chi connectivity index (χ1n) is 6.85. The molecule has 0 fully saturated rings. The van der Waals surface area contributed by atoms with Crippen LogP contribution in [0.4, 0.5) is 0 Å². The molecule has 102 valence electrons. The average Bonchev–Trinajstić information content (AvgIpc) is 2.52. The number of aldehydes is 1. The molecule has 0 spiro atoms. The van der Waals surface area contributed by atoms with E-state index in [1.54, 1.807) is 6.07 Å². The molecule has 0 aliphatic carbocycles. The molecule has 2 aromatic carbocycles. The Morgan fingerprint density at radius 1 is 0.905 bits per heavy atom. The van der Waals surface area contributed by atoms with Gasteiger partial charge in [0.2, 0.25) is 0 Å². The third kappa shape index (κ3) is 3.06. The first kappa shape index (κ1) is 13.3. The van der Waals surface area contributed by atoms with Crippen LogP contribution in [0.5, 0.6) is 0 Å². The molecule has 0 saturated carbocycles. The minimum Gasteiger partial charge on any atom is -0.298 e. The lowest BCUT2D eigenvalue weighted by molar-refractivity contribution is 0.112. The van der Waals surface area contributed by atoms with Crippen LogP contribution < -0.4 is 0 Å². The summed E-state index contributed by atoms with van der Waals surface area (Å²) in [6.07, 6.45) is 4.79. The van der Waals surface area contributed by atoms with E-state index in [0.29, 0.717) is 5.56 Å². The first-order valence-corrected chi connectivity index (χ1v) is 6.85. The second kappa shape index (κ2) is 5.71. The fourth-order valence-electron chi connectivity index (χ4n) is 2.25. The maximum atomic E-state index is 10.8. The van der Waals surface area contributed by atoms with Gasteiger partial charge in [-0.15, -0.1) is 0 Å². The number of hydrogen-bond acceptors (Lipinski definition) is 2. The molecule has 0 atom stereocenters. The lowest BCUT2D eigenvalue weighted by Gasteiger charge is -2.00. The Kier molecular flexibility index (Phi) is 3.61. The van der Waals surface area contributed by atoms with Crippen molar-refractivity contribution < 1.29 is 4.79 Å². The molecule has 2 heteroatoms. The number of pyridine rings is 1. The molecule has 21 heavy (non-hydrogen) atoms. The van der Waals surface area contributed by atoms with Gasteiger partial charge in [-0.3, -0.25) is 4.79 Å². The lowest BCUT2D eigenvalue weighted by Crippen LogP contribution is -1.84. The monoisotopic (exact) mass is 273 g/mol. The number of benzene rings is 2. The minimum absolute atomic E-state index is 0.680. The number of aromatic nitrogens is 1. The molecule has 1 aromatic heterocycles. The van der Waals surface area contributed by atoms with Crippen LogP contribution in [0.25, 0.3) is 23.1 Å². The van der Waals surface area contributed by atoms with Crippen molar-refractivity contribution in [1.82, 2.24) is 4.98 Å². The van der Waals surface area contributed by atoms with Crippen LogP contribution >= 0.6 is 0 Å². The quantitative estimate of drug-likeness (QED) is 0.656. The minimum atomic E-state index is 0.680. The highest BCUT2D eigenvalue weighted by Crippen LogP contribution is 2.16. The summed E-state index contributed by atoms with van der Waals surface area (Å²) in [6, 6.07) is 17.8. The Morgan fingerprint density at radius 3 is 2.57 bits per heavy atom. The van der Waals surface area contributed by atoms with Gasteiger partial charge in [-0.25, -0.2) is 4.98 Å². The molecular formula is C19H15NO. The number of hydrogen-bond donors (Lipinski definition) is 0. The van der Waals surface area contributed by atoms with E-state index in [9.17, 15) is 4.79 Å². The maximum Gasteiger partial charge on any atom is 0.150 e. The van der Waals surface area contributed by atoms with Crippen molar-refractivity contribution in [3.05, 3.63) is 77.0 Å². The van der Waals surface area contributed by atoms with Gasteiger partial charge < -0.3 is 0 Å². The molecule has 0 radical (unpaired) electrons. The molecule has 0 aliphatic heterocycles. The zero-order valence-corrected chi connectivity index (χ0v) is 11.8. The number of aryl methyl sites for hydroxylation is 1. The van der Waals surface area contributed by atoms with E-state index in [2.05, 4.69) is 36.2 Å². The Bertz CT molecular complexity index is 834. The van der Waals surface area contributed by atoms with Crippen molar-refractivity contribution in [1.29, 1.82) is 0 Å². The molecule has 0 bridgehead atoms. The van der Waals surface area contributed by atoms with Crippen molar-refractivity contribution >= 4 is 29.3 Å². The highest BCUT2D eigenvalue weighted by molar-refractivity contribution is 5.82. The Balaban J connectivity index is 1.93. The summed E-state index contributed by atoms with van der Waals surface area (Å²) >= 11 is 0. The molecule has 0 amide bonds. The molecule has 3 rings (SSSR count). The normalized spacial score (nSPS) is 11.1. The van der Waals surface area contributed by atoms with E-state index < -0.39 is 0 Å². The zero-order valence-electron chi connectivity index (χ0n) is 11.8. The van der Waals surface area contributed by atoms with Gasteiger partial charge in [-0.05, 0) is 42.3 Å². The van der Waals surface area contributed by atoms with Gasteiger partial charge in [0.25, 0.3) is 0 Å². The van der Waals surface area contributed by atoms with Crippen LogP contribution in [-0.2, 0) is 0 Å². The van der Waals surface area contributed by atoms with Gasteiger partial charge in [-0.1, -0.05) is 42.5 Å². The van der Waals surface area contributed by atoms with Crippen LogP contribution in [0.2, 0.25) is 0 Å². The second-order valence-corrected chi connectivity index (χ2v) is 5.05. The number of fused-ring (bicyclic) bond motifs is 1. The molecule has 3 aromatic rings. The highest BCUT2D eigenvalue weighted by atomic mass is 16.1. The Morgan fingerprint density at radius 2 is 1.71 bits per heavy atom. The van der Waals surface area contributed by atoms with Gasteiger partial charge in [0.05, 0.1) is 11.2 Å². The van der Waals surface area contributed by atoms with Crippen molar-refractivity contribution in [3.8, 4) is 0 Å². The summed E-state index contributed by atoms with van der Waals surface area (Å²) in [5.41, 5.74) is 4.78. The zero-order chi connectivity index (χ0) is 14.7. The van der Waals surface area contributed by atoms with Gasteiger partial charge in [0, 0.05) is 10.9 Å². The predicted octanol–water partition coefficient (Wildman–Crippen LogP) is 4.53. The van der Waals surface area contributed by atoms with Crippen LogP contribution in [0.3, 0.4) is 0 Å². The Labute approximate surface area is 123 Å².